The lowest BCUT2D eigenvalue weighted by molar-refractivity contribution is -0.116. The quantitative estimate of drug-likeness (QED) is 0.622. The topological polar surface area (TPSA) is 49.3 Å². The molecule has 0 aliphatic heterocycles. The van der Waals surface area contributed by atoms with E-state index in [1.165, 1.54) is 0 Å². The summed E-state index contributed by atoms with van der Waals surface area (Å²) in [6.45, 7) is 1.91. The van der Waals surface area contributed by atoms with Crippen LogP contribution in [0, 0.1) is 11.8 Å². The number of carbonyl (C=O) groups excluding carboxylic acids is 1. The van der Waals surface area contributed by atoms with Gasteiger partial charge in [-0.05, 0) is 24.6 Å². The van der Waals surface area contributed by atoms with E-state index < -0.39 is 0 Å². The Morgan fingerprint density at radius 2 is 2.15 bits per heavy atom. The maximum absolute atomic E-state index is 11.8. The van der Waals surface area contributed by atoms with Gasteiger partial charge in [-0.3, -0.25) is 4.79 Å². The summed E-state index contributed by atoms with van der Waals surface area (Å²) in [6.07, 6.45) is 4.78. The second-order valence-corrected chi connectivity index (χ2v) is 4.95. The van der Waals surface area contributed by atoms with Crippen LogP contribution < -0.4 is 5.32 Å². The molecule has 0 atom stereocenters. The SMILES string of the molecule is CCCCCCC(=O)Nc1ccc(Cl)cc1C#CCO. The maximum atomic E-state index is 11.8. The molecule has 0 aliphatic rings. The fourth-order valence-corrected chi connectivity index (χ4v) is 1.96. The van der Waals surface area contributed by atoms with E-state index >= 15 is 0 Å². The fraction of sp³-hybridized carbons (Fsp3) is 0.438. The summed E-state index contributed by atoms with van der Waals surface area (Å²) < 4.78 is 0. The van der Waals surface area contributed by atoms with Gasteiger partial charge in [-0.15, -0.1) is 0 Å². The molecular weight excluding hydrogens is 274 g/mol. The van der Waals surface area contributed by atoms with Gasteiger partial charge >= 0.3 is 0 Å². The maximum Gasteiger partial charge on any atom is 0.224 e. The Balaban J connectivity index is 2.64. The molecule has 2 N–H and O–H groups in total. The van der Waals surface area contributed by atoms with Crippen LogP contribution in [0.1, 0.15) is 44.6 Å². The van der Waals surface area contributed by atoms with Crippen LogP contribution in [0.4, 0.5) is 5.69 Å². The molecule has 0 saturated heterocycles. The lowest BCUT2D eigenvalue weighted by Crippen LogP contribution is -2.12. The summed E-state index contributed by atoms with van der Waals surface area (Å²) in [5, 5.41) is 12.1. The molecule has 0 fully saturated rings. The normalized spacial score (nSPS) is 9.75. The highest BCUT2D eigenvalue weighted by atomic mass is 35.5. The van der Waals surface area contributed by atoms with Gasteiger partial charge < -0.3 is 10.4 Å². The number of benzene rings is 1. The molecule has 1 amide bonds. The Labute approximate surface area is 125 Å². The van der Waals surface area contributed by atoms with Crippen molar-refractivity contribution >= 4 is 23.2 Å². The predicted molar refractivity (Wildman–Crippen MR) is 82.8 cm³/mol. The summed E-state index contributed by atoms with van der Waals surface area (Å²) in [5.74, 6) is 5.33. The minimum absolute atomic E-state index is 0.0181. The standard InChI is InChI=1S/C16H20ClNO2/c1-2-3-4-5-8-16(20)18-15-10-9-14(17)12-13(15)7-6-11-19/h9-10,12,19H,2-5,8,11H2,1H3,(H,18,20). The van der Waals surface area contributed by atoms with E-state index in [2.05, 4.69) is 24.1 Å². The van der Waals surface area contributed by atoms with Crippen molar-refractivity contribution in [1.82, 2.24) is 0 Å². The number of nitrogens with one attached hydrogen (secondary N) is 1. The number of amides is 1. The molecule has 4 heteroatoms. The van der Waals surface area contributed by atoms with Crippen LogP contribution >= 0.6 is 11.6 Å². The smallest absolute Gasteiger partial charge is 0.224 e. The van der Waals surface area contributed by atoms with Crippen molar-refractivity contribution in [2.75, 3.05) is 11.9 Å². The van der Waals surface area contributed by atoms with Gasteiger partial charge in [0, 0.05) is 17.0 Å². The Bertz CT molecular complexity index is 503. The van der Waals surface area contributed by atoms with Gasteiger partial charge in [-0.2, -0.15) is 0 Å². The molecule has 108 valence electrons. The Hall–Kier alpha value is -1.50. The molecule has 20 heavy (non-hydrogen) atoms. The van der Waals surface area contributed by atoms with Gasteiger partial charge in [0.15, 0.2) is 0 Å². The minimum Gasteiger partial charge on any atom is -0.384 e. The number of unbranched alkanes of at least 4 members (excludes halogenated alkanes) is 3. The number of anilines is 1. The fourth-order valence-electron chi connectivity index (χ4n) is 1.79. The van der Waals surface area contributed by atoms with Gasteiger partial charge in [-0.1, -0.05) is 49.6 Å². The van der Waals surface area contributed by atoms with Crippen molar-refractivity contribution in [2.45, 2.75) is 39.0 Å². The first kappa shape index (κ1) is 16.6. The second-order valence-electron chi connectivity index (χ2n) is 4.51. The predicted octanol–water partition coefficient (Wildman–Crippen LogP) is 3.59. The van der Waals surface area contributed by atoms with Crippen molar-refractivity contribution in [1.29, 1.82) is 0 Å². The second kappa shape index (κ2) is 9.41. The molecule has 3 nitrogen and oxygen atoms in total. The number of carbonyl (C=O) groups is 1. The zero-order chi connectivity index (χ0) is 14.8. The monoisotopic (exact) mass is 293 g/mol. The van der Waals surface area contributed by atoms with Gasteiger partial charge in [0.2, 0.25) is 5.91 Å². The number of hydrogen-bond donors (Lipinski definition) is 2. The first-order valence-electron chi connectivity index (χ1n) is 6.86. The number of aliphatic hydroxyl groups is 1. The number of aliphatic hydroxyl groups excluding tert-OH is 1. The van der Waals surface area contributed by atoms with Crippen LogP contribution in [0.3, 0.4) is 0 Å². The zero-order valence-corrected chi connectivity index (χ0v) is 12.5. The van der Waals surface area contributed by atoms with Crippen LogP contribution in [0.25, 0.3) is 0 Å². The third-order valence-corrected chi connectivity index (χ3v) is 3.05. The van der Waals surface area contributed by atoms with Crippen molar-refractivity contribution in [3.63, 3.8) is 0 Å². The van der Waals surface area contributed by atoms with Crippen LogP contribution in [-0.2, 0) is 4.79 Å². The largest absolute Gasteiger partial charge is 0.384 e. The molecule has 0 radical (unpaired) electrons. The molecule has 0 bridgehead atoms. The number of halogens is 1. The molecule has 0 saturated carbocycles. The van der Waals surface area contributed by atoms with Crippen LogP contribution in [0.2, 0.25) is 5.02 Å². The van der Waals surface area contributed by atoms with Gasteiger partial charge in [0.25, 0.3) is 0 Å². The summed E-state index contributed by atoms with van der Waals surface area (Å²) in [4.78, 5) is 11.8. The first-order valence-corrected chi connectivity index (χ1v) is 7.24. The van der Waals surface area contributed by atoms with E-state index in [1.54, 1.807) is 18.2 Å². The Kier molecular flexibility index (Phi) is 7.79. The lowest BCUT2D eigenvalue weighted by Gasteiger charge is -2.08. The highest BCUT2D eigenvalue weighted by molar-refractivity contribution is 6.30. The highest BCUT2D eigenvalue weighted by Gasteiger charge is 2.06. The third-order valence-electron chi connectivity index (χ3n) is 2.82. The van der Waals surface area contributed by atoms with Crippen molar-refractivity contribution in [3.05, 3.63) is 28.8 Å². The molecule has 0 spiro atoms. The van der Waals surface area contributed by atoms with E-state index in [0.717, 1.165) is 25.7 Å². The minimum atomic E-state index is -0.225. The first-order chi connectivity index (χ1) is 9.67. The van der Waals surface area contributed by atoms with E-state index in [9.17, 15) is 4.79 Å². The highest BCUT2D eigenvalue weighted by Crippen LogP contribution is 2.20. The van der Waals surface area contributed by atoms with Crippen LogP contribution in [-0.4, -0.2) is 17.6 Å². The molecule has 0 unspecified atom stereocenters. The van der Waals surface area contributed by atoms with E-state index in [0.29, 0.717) is 22.7 Å². The number of rotatable bonds is 6. The van der Waals surface area contributed by atoms with Crippen LogP contribution in [0.15, 0.2) is 18.2 Å². The summed E-state index contributed by atoms with van der Waals surface area (Å²) in [6, 6.07) is 5.11. The van der Waals surface area contributed by atoms with Gasteiger partial charge in [0.05, 0.1) is 5.69 Å². The molecule has 0 aromatic heterocycles. The molecular formula is C16H20ClNO2. The van der Waals surface area contributed by atoms with Crippen molar-refractivity contribution in [2.24, 2.45) is 0 Å². The Morgan fingerprint density at radius 1 is 1.35 bits per heavy atom. The average Bonchev–Trinajstić information content (AvgIpc) is 2.44. The van der Waals surface area contributed by atoms with E-state index in [-0.39, 0.29) is 12.5 Å². The summed E-state index contributed by atoms with van der Waals surface area (Å²) in [7, 11) is 0. The Morgan fingerprint density at radius 3 is 2.85 bits per heavy atom. The third kappa shape index (κ3) is 6.10. The summed E-state index contributed by atoms with van der Waals surface area (Å²) >= 11 is 5.91. The average molecular weight is 294 g/mol. The molecule has 1 aromatic carbocycles. The molecule has 0 aliphatic carbocycles. The van der Waals surface area contributed by atoms with Crippen molar-refractivity contribution in [3.8, 4) is 11.8 Å². The van der Waals surface area contributed by atoms with E-state index in [1.807, 2.05) is 0 Å². The zero-order valence-electron chi connectivity index (χ0n) is 11.7. The van der Waals surface area contributed by atoms with E-state index in [4.69, 9.17) is 16.7 Å². The van der Waals surface area contributed by atoms with Crippen molar-refractivity contribution < 1.29 is 9.90 Å². The van der Waals surface area contributed by atoms with Gasteiger partial charge in [-0.25, -0.2) is 0 Å². The summed E-state index contributed by atoms with van der Waals surface area (Å²) in [5.41, 5.74) is 1.25. The van der Waals surface area contributed by atoms with Gasteiger partial charge in [0.1, 0.15) is 6.61 Å². The molecule has 0 heterocycles. The van der Waals surface area contributed by atoms with Crippen LogP contribution in [0.5, 0.6) is 0 Å². The number of hydrogen-bond acceptors (Lipinski definition) is 2. The molecule has 1 aromatic rings. The lowest BCUT2D eigenvalue weighted by atomic mass is 10.1. The molecule has 1 rings (SSSR count).